The van der Waals surface area contributed by atoms with Gasteiger partial charge < -0.3 is 19.3 Å². The molecule has 0 amide bonds. The molecule has 18 heavy (non-hydrogen) atoms. The van der Waals surface area contributed by atoms with E-state index < -0.39 is 5.97 Å². The van der Waals surface area contributed by atoms with Gasteiger partial charge in [-0.05, 0) is 30.7 Å². The third kappa shape index (κ3) is 3.41. The van der Waals surface area contributed by atoms with Gasteiger partial charge in [-0.2, -0.15) is 0 Å². The van der Waals surface area contributed by atoms with Crippen molar-refractivity contribution in [3.05, 3.63) is 29.5 Å². The number of aliphatic carboxylic acids is 1. The van der Waals surface area contributed by atoms with Crippen LogP contribution in [0.5, 0.6) is 11.5 Å². The molecule has 98 valence electrons. The molecule has 5 nitrogen and oxygen atoms in total. The fourth-order valence-electron chi connectivity index (χ4n) is 1.41. The van der Waals surface area contributed by atoms with Gasteiger partial charge in [0.15, 0.2) is 11.5 Å². The van der Waals surface area contributed by atoms with Crippen LogP contribution in [-0.4, -0.2) is 31.9 Å². The zero-order chi connectivity index (χ0) is 13.5. The predicted octanol–water partition coefficient (Wildman–Crippen LogP) is 2.17. The van der Waals surface area contributed by atoms with Crippen molar-refractivity contribution in [2.45, 2.75) is 6.92 Å². The van der Waals surface area contributed by atoms with Crippen LogP contribution in [0.3, 0.4) is 0 Å². The van der Waals surface area contributed by atoms with Crippen LogP contribution >= 0.6 is 0 Å². The van der Waals surface area contributed by atoms with Gasteiger partial charge in [0.25, 0.3) is 0 Å². The summed E-state index contributed by atoms with van der Waals surface area (Å²) in [6, 6.07) is 5.11. The van der Waals surface area contributed by atoms with Crippen molar-refractivity contribution in [2.24, 2.45) is 0 Å². The van der Waals surface area contributed by atoms with Crippen molar-refractivity contribution in [1.82, 2.24) is 0 Å². The Morgan fingerprint density at radius 3 is 2.44 bits per heavy atom. The fourth-order valence-corrected chi connectivity index (χ4v) is 1.41. The standard InChI is InChI=1S/C13H16O5/c1-4-18-12(13(14)15)8-9-5-6-10(16-2)11(7-9)17-3/h5-8H,4H2,1-3H3,(H,14,15). The van der Waals surface area contributed by atoms with Crippen LogP contribution < -0.4 is 9.47 Å². The second-order valence-electron chi connectivity index (χ2n) is 3.36. The number of carbonyl (C=O) groups is 1. The van der Waals surface area contributed by atoms with E-state index in [0.29, 0.717) is 23.7 Å². The molecule has 0 spiro atoms. The third-order valence-electron chi connectivity index (χ3n) is 2.22. The van der Waals surface area contributed by atoms with Crippen molar-refractivity contribution >= 4 is 12.0 Å². The number of rotatable bonds is 6. The molecule has 0 heterocycles. The second-order valence-corrected chi connectivity index (χ2v) is 3.36. The van der Waals surface area contributed by atoms with E-state index in [1.165, 1.54) is 20.3 Å². The molecule has 0 aliphatic heterocycles. The average Bonchev–Trinajstić information content (AvgIpc) is 2.37. The van der Waals surface area contributed by atoms with Gasteiger partial charge in [0.1, 0.15) is 0 Å². The molecule has 0 fully saturated rings. The van der Waals surface area contributed by atoms with E-state index in [4.69, 9.17) is 19.3 Å². The normalized spacial score (nSPS) is 10.9. The zero-order valence-corrected chi connectivity index (χ0v) is 10.6. The molecule has 5 heteroatoms. The Morgan fingerprint density at radius 2 is 1.94 bits per heavy atom. The molecule has 0 saturated carbocycles. The first-order valence-electron chi connectivity index (χ1n) is 5.42. The van der Waals surface area contributed by atoms with Gasteiger partial charge >= 0.3 is 5.97 Å². The molecule has 1 N–H and O–H groups in total. The lowest BCUT2D eigenvalue weighted by molar-refractivity contribution is -0.136. The molecule has 0 aliphatic rings. The number of carboxylic acids is 1. The molecule has 1 rings (SSSR count). The molecule has 0 bridgehead atoms. The van der Waals surface area contributed by atoms with Crippen molar-refractivity contribution < 1.29 is 24.1 Å². The molecular formula is C13H16O5. The minimum atomic E-state index is -1.10. The monoisotopic (exact) mass is 252 g/mol. The van der Waals surface area contributed by atoms with E-state index in [0.717, 1.165) is 0 Å². The van der Waals surface area contributed by atoms with E-state index >= 15 is 0 Å². The Balaban J connectivity index is 3.09. The molecular weight excluding hydrogens is 236 g/mol. The maximum absolute atomic E-state index is 10.9. The quantitative estimate of drug-likeness (QED) is 0.621. The number of benzene rings is 1. The Morgan fingerprint density at radius 1 is 1.28 bits per heavy atom. The molecule has 0 unspecified atom stereocenters. The minimum Gasteiger partial charge on any atom is -0.493 e. The zero-order valence-electron chi connectivity index (χ0n) is 10.6. The van der Waals surface area contributed by atoms with Crippen molar-refractivity contribution in [2.75, 3.05) is 20.8 Å². The third-order valence-corrected chi connectivity index (χ3v) is 2.22. The van der Waals surface area contributed by atoms with Gasteiger partial charge in [-0.3, -0.25) is 0 Å². The molecule has 0 saturated heterocycles. The lowest BCUT2D eigenvalue weighted by Crippen LogP contribution is -2.04. The van der Waals surface area contributed by atoms with Crippen molar-refractivity contribution in [1.29, 1.82) is 0 Å². The first-order valence-corrected chi connectivity index (χ1v) is 5.42. The van der Waals surface area contributed by atoms with Crippen molar-refractivity contribution in [3.8, 4) is 11.5 Å². The highest BCUT2D eigenvalue weighted by Crippen LogP contribution is 2.28. The first kappa shape index (κ1) is 13.9. The van der Waals surface area contributed by atoms with Crippen LogP contribution in [0.2, 0.25) is 0 Å². The van der Waals surface area contributed by atoms with Gasteiger partial charge in [-0.15, -0.1) is 0 Å². The topological polar surface area (TPSA) is 65.0 Å². The summed E-state index contributed by atoms with van der Waals surface area (Å²) in [5.74, 6) is -0.0909. The Hall–Kier alpha value is -2.17. The summed E-state index contributed by atoms with van der Waals surface area (Å²) in [4.78, 5) is 10.9. The second kappa shape index (κ2) is 6.54. The maximum atomic E-state index is 10.9. The molecule has 0 radical (unpaired) electrons. The Labute approximate surface area is 106 Å². The lowest BCUT2D eigenvalue weighted by atomic mass is 10.2. The molecule has 0 atom stereocenters. The number of hydrogen-bond donors (Lipinski definition) is 1. The van der Waals surface area contributed by atoms with E-state index in [1.807, 2.05) is 0 Å². The summed E-state index contributed by atoms with van der Waals surface area (Å²) < 4.78 is 15.3. The fraction of sp³-hybridized carbons (Fsp3) is 0.308. The average molecular weight is 252 g/mol. The predicted molar refractivity (Wildman–Crippen MR) is 66.8 cm³/mol. The molecule has 0 aromatic heterocycles. The number of methoxy groups -OCH3 is 2. The first-order chi connectivity index (χ1) is 8.62. The Bertz CT molecular complexity index is 451. The van der Waals surface area contributed by atoms with Crippen molar-refractivity contribution in [3.63, 3.8) is 0 Å². The SMILES string of the molecule is CCOC(=Cc1ccc(OC)c(OC)c1)C(=O)O. The molecule has 1 aromatic rings. The number of hydrogen-bond acceptors (Lipinski definition) is 4. The van der Waals surface area contributed by atoms with Crippen LogP contribution in [0.15, 0.2) is 24.0 Å². The highest BCUT2D eigenvalue weighted by molar-refractivity contribution is 5.90. The van der Waals surface area contributed by atoms with E-state index in [9.17, 15) is 4.79 Å². The Kier molecular flexibility index (Phi) is 5.05. The van der Waals surface area contributed by atoms with Crippen LogP contribution in [0, 0.1) is 0 Å². The van der Waals surface area contributed by atoms with Crippen LogP contribution in [-0.2, 0) is 9.53 Å². The van der Waals surface area contributed by atoms with Gasteiger partial charge in [-0.25, -0.2) is 4.79 Å². The van der Waals surface area contributed by atoms with E-state index in [1.54, 1.807) is 25.1 Å². The number of carboxylic acid groups (broad SMARTS) is 1. The highest BCUT2D eigenvalue weighted by atomic mass is 16.5. The molecule has 0 aliphatic carbocycles. The smallest absolute Gasteiger partial charge is 0.371 e. The van der Waals surface area contributed by atoms with Gasteiger partial charge in [0, 0.05) is 0 Å². The van der Waals surface area contributed by atoms with Gasteiger partial charge in [-0.1, -0.05) is 6.07 Å². The summed E-state index contributed by atoms with van der Waals surface area (Å²) in [6.45, 7) is 2.02. The van der Waals surface area contributed by atoms with Gasteiger partial charge in [0.2, 0.25) is 5.76 Å². The summed E-state index contributed by atoms with van der Waals surface area (Å²) >= 11 is 0. The van der Waals surface area contributed by atoms with Crippen LogP contribution in [0.4, 0.5) is 0 Å². The summed E-state index contributed by atoms with van der Waals surface area (Å²) in [6.07, 6.45) is 1.44. The summed E-state index contributed by atoms with van der Waals surface area (Å²) in [5.41, 5.74) is 0.665. The highest BCUT2D eigenvalue weighted by Gasteiger charge is 2.09. The lowest BCUT2D eigenvalue weighted by Gasteiger charge is -2.08. The van der Waals surface area contributed by atoms with E-state index in [-0.39, 0.29) is 5.76 Å². The number of ether oxygens (including phenoxy) is 3. The molecule has 1 aromatic carbocycles. The minimum absolute atomic E-state index is 0.107. The summed E-state index contributed by atoms with van der Waals surface area (Å²) in [5, 5.41) is 8.94. The van der Waals surface area contributed by atoms with Crippen LogP contribution in [0.1, 0.15) is 12.5 Å². The van der Waals surface area contributed by atoms with Gasteiger partial charge in [0.05, 0.1) is 20.8 Å². The largest absolute Gasteiger partial charge is 0.493 e. The van der Waals surface area contributed by atoms with E-state index in [2.05, 4.69) is 0 Å². The maximum Gasteiger partial charge on any atom is 0.371 e. The van der Waals surface area contributed by atoms with Crippen LogP contribution in [0.25, 0.3) is 6.08 Å². The summed E-state index contributed by atoms with van der Waals surface area (Å²) in [7, 11) is 3.06.